The van der Waals surface area contributed by atoms with Crippen LogP contribution in [-0.2, 0) is 4.74 Å². The van der Waals surface area contributed by atoms with E-state index in [9.17, 15) is 4.79 Å². The number of nitrogens with one attached hydrogen (secondary N) is 1. The summed E-state index contributed by atoms with van der Waals surface area (Å²) in [6.07, 6.45) is 2.87. The molecule has 0 spiro atoms. The number of hydrogen-bond donors (Lipinski definition) is 1. The Morgan fingerprint density at radius 1 is 1.26 bits per heavy atom. The number of aromatic nitrogens is 3. The number of benzene rings is 1. The molecule has 0 saturated carbocycles. The highest BCUT2D eigenvalue weighted by molar-refractivity contribution is 7.99. The first-order valence-corrected chi connectivity index (χ1v) is 13.3. The van der Waals surface area contributed by atoms with E-state index in [-0.39, 0.29) is 17.5 Å². The Morgan fingerprint density at radius 3 is 2.76 bits per heavy atom. The zero-order valence-electron chi connectivity index (χ0n) is 20.2. The van der Waals surface area contributed by atoms with Gasteiger partial charge in [0.25, 0.3) is 5.91 Å². The first-order valence-electron chi connectivity index (χ1n) is 12.1. The number of fused-ring (bicyclic) bond motifs is 1. The number of pyridine rings is 1. The van der Waals surface area contributed by atoms with E-state index in [1.807, 2.05) is 34.6 Å². The molecule has 5 rings (SSSR count). The zero-order valence-corrected chi connectivity index (χ0v) is 21.0. The van der Waals surface area contributed by atoms with Crippen LogP contribution in [0.25, 0.3) is 22.3 Å². The average molecular weight is 480 g/mol. The molecule has 2 saturated heterocycles. The number of amides is 1. The van der Waals surface area contributed by atoms with Crippen molar-refractivity contribution in [3.05, 3.63) is 47.7 Å². The molecule has 0 bridgehead atoms. The number of hydrogen-bond acceptors (Lipinski definition) is 6. The molecule has 180 valence electrons. The van der Waals surface area contributed by atoms with Crippen LogP contribution >= 0.6 is 11.8 Å². The minimum atomic E-state index is -0.0601. The third-order valence-corrected chi connectivity index (χ3v) is 8.30. The summed E-state index contributed by atoms with van der Waals surface area (Å²) in [5.41, 5.74) is 4.35. The van der Waals surface area contributed by atoms with Crippen LogP contribution in [0.2, 0.25) is 0 Å². The van der Waals surface area contributed by atoms with Crippen LogP contribution in [0.3, 0.4) is 0 Å². The minimum Gasteiger partial charge on any atom is -0.379 e. The predicted molar refractivity (Wildman–Crippen MR) is 137 cm³/mol. The van der Waals surface area contributed by atoms with Gasteiger partial charge in [-0.2, -0.15) is 16.9 Å². The molecule has 1 aromatic carbocycles. The number of carbonyl (C=O) groups excluding carboxylic acids is 1. The maximum absolute atomic E-state index is 13.7. The standard InChI is InChI=1S/C26H33N5O2S/c1-18(2)31-24-22(15-28-31)21(14-23(29-24)20-7-5-4-6-19(20)3)25(32)27-16-26(8-13-34-17-26)30-9-11-33-12-10-30/h4-7,14-15,18H,8-13,16-17H2,1-3H3,(H,27,32). The Hall–Kier alpha value is -2.42. The van der Waals surface area contributed by atoms with E-state index in [2.05, 4.69) is 48.2 Å². The van der Waals surface area contributed by atoms with E-state index in [1.54, 1.807) is 6.20 Å². The summed E-state index contributed by atoms with van der Waals surface area (Å²) in [5, 5.41) is 8.67. The highest BCUT2D eigenvalue weighted by Gasteiger charge is 2.41. The number of aryl methyl sites for hydroxylation is 1. The molecule has 2 aromatic heterocycles. The summed E-state index contributed by atoms with van der Waals surface area (Å²) in [6, 6.07) is 10.2. The fourth-order valence-electron chi connectivity index (χ4n) is 5.06. The Labute approximate surface area is 205 Å². The van der Waals surface area contributed by atoms with E-state index in [1.165, 1.54) is 0 Å². The largest absolute Gasteiger partial charge is 0.379 e. The van der Waals surface area contributed by atoms with Crippen molar-refractivity contribution in [2.45, 2.75) is 38.8 Å². The number of thioether (sulfide) groups is 1. The van der Waals surface area contributed by atoms with Crippen LogP contribution in [0.4, 0.5) is 0 Å². The van der Waals surface area contributed by atoms with Crippen LogP contribution in [0.5, 0.6) is 0 Å². The summed E-state index contributed by atoms with van der Waals surface area (Å²) >= 11 is 1.98. The average Bonchev–Trinajstić information content (AvgIpc) is 3.51. The monoisotopic (exact) mass is 479 g/mol. The lowest BCUT2D eigenvalue weighted by molar-refractivity contribution is -0.0129. The van der Waals surface area contributed by atoms with Gasteiger partial charge in [0.05, 0.1) is 36.1 Å². The van der Waals surface area contributed by atoms with Gasteiger partial charge in [-0.3, -0.25) is 9.69 Å². The van der Waals surface area contributed by atoms with Crippen molar-refractivity contribution < 1.29 is 9.53 Å². The quantitative estimate of drug-likeness (QED) is 0.578. The molecule has 1 N–H and O–H groups in total. The normalized spacial score (nSPS) is 21.4. The first-order chi connectivity index (χ1) is 16.5. The predicted octanol–water partition coefficient (Wildman–Crippen LogP) is 3.93. The van der Waals surface area contributed by atoms with E-state index in [4.69, 9.17) is 9.72 Å². The van der Waals surface area contributed by atoms with Crippen LogP contribution in [-0.4, -0.2) is 75.5 Å². The van der Waals surface area contributed by atoms with Crippen molar-refractivity contribution in [2.24, 2.45) is 0 Å². The van der Waals surface area contributed by atoms with E-state index < -0.39 is 0 Å². The van der Waals surface area contributed by atoms with Gasteiger partial charge >= 0.3 is 0 Å². The summed E-state index contributed by atoms with van der Waals surface area (Å²) in [6.45, 7) is 10.3. The molecule has 7 nitrogen and oxygen atoms in total. The maximum atomic E-state index is 13.7. The van der Waals surface area contributed by atoms with Gasteiger partial charge in [0.1, 0.15) is 0 Å². The maximum Gasteiger partial charge on any atom is 0.252 e. The third kappa shape index (κ3) is 4.34. The fraction of sp³-hybridized carbons (Fsp3) is 0.500. The number of morpholine rings is 1. The highest BCUT2D eigenvalue weighted by atomic mass is 32.2. The Balaban J connectivity index is 1.49. The number of rotatable bonds is 6. The number of carbonyl (C=O) groups is 1. The van der Waals surface area contributed by atoms with Crippen molar-refractivity contribution in [3.8, 4) is 11.3 Å². The topological polar surface area (TPSA) is 72.3 Å². The lowest BCUT2D eigenvalue weighted by atomic mass is 9.95. The van der Waals surface area contributed by atoms with Gasteiger partial charge in [-0.15, -0.1) is 0 Å². The molecule has 3 aromatic rings. The second-order valence-electron chi connectivity index (χ2n) is 9.60. The van der Waals surface area contributed by atoms with Crippen molar-refractivity contribution in [3.63, 3.8) is 0 Å². The summed E-state index contributed by atoms with van der Waals surface area (Å²) in [5.74, 6) is 2.11. The molecule has 2 aliphatic heterocycles. The molecule has 1 atom stereocenters. The molecule has 1 unspecified atom stereocenters. The third-order valence-electron chi connectivity index (χ3n) is 7.06. The van der Waals surface area contributed by atoms with Crippen LogP contribution in [0, 0.1) is 6.92 Å². The molecule has 2 aliphatic rings. The van der Waals surface area contributed by atoms with E-state index in [0.29, 0.717) is 12.1 Å². The minimum absolute atomic E-state index is 0.00276. The van der Waals surface area contributed by atoms with Crippen molar-refractivity contribution >= 4 is 28.7 Å². The molecule has 34 heavy (non-hydrogen) atoms. The Bertz CT molecular complexity index is 1180. The fourth-order valence-corrected chi connectivity index (χ4v) is 6.53. The van der Waals surface area contributed by atoms with E-state index in [0.717, 1.165) is 72.1 Å². The first kappa shape index (κ1) is 23.3. The zero-order chi connectivity index (χ0) is 23.7. The van der Waals surface area contributed by atoms with Crippen LogP contribution in [0.1, 0.15) is 42.2 Å². The molecule has 4 heterocycles. The van der Waals surface area contributed by atoms with E-state index >= 15 is 0 Å². The van der Waals surface area contributed by atoms with Gasteiger partial charge in [0.15, 0.2) is 5.65 Å². The SMILES string of the molecule is Cc1ccccc1-c1cc(C(=O)NCC2(N3CCOCC3)CCSC2)c2cnn(C(C)C)c2n1. The van der Waals surface area contributed by atoms with Gasteiger partial charge in [-0.1, -0.05) is 24.3 Å². The Morgan fingerprint density at radius 2 is 2.06 bits per heavy atom. The van der Waals surface area contributed by atoms with Gasteiger partial charge in [0.2, 0.25) is 0 Å². The molecule has 0 radical (unpaired) electrons. The smallest absolute Gasteiger partial charge is 0.252 e. The molecular formula is C26H33N5O2S. The van der Waals surface area contributed by atoms with Crippen LogP contribution < -0.4 is 5.32 Å². The molecule has 1 amide bonds. The molecular weight excluding hydrogens is 446 g/mol. The molecule has 8 heteroatoms. The van der Waals surface area contributed by atoms with Gasteiger partial charge in [-0.25, -0.2) is 9.67 Å². The van der Waals surface area contributed by atoms with Gasteiger partial charge in [0, 0.05) is 42.5 Å². The number of ether oxygens (including phenoxy) is 1. The summed E-state index contributed by atoms with van der Waals surface area (Å²) in [7, 11) is 0. The second kappa shape index (κ2) is 9.68. The van der Waals surface area contributed by atoms with Crippen molar-refractivity contribution in [1.29, 1.82) is 0 Å². The van der Waals surface area contributed by atoms with Crippen molar-refractivity contribution in [1.82, 2.24) is 25.0 Å². The van der Waals surface area contributed by atoms with Gasteiger partial charge in [-0.05, 0) is 44.6 Å². The highest BCUT2D eigenvalue weighted by Crippen LogP contribution is 2.34. The molecule has 2 fully saturated rings. The summed E-state index contributed by atoms with van der Waals surface area (Å²) < 4.78 is 7.48. The molecule has 0 aliphatic carbocycles. The lowest BCUT2D eigenvalue weighted by Gasteiger charge is -2.43. The lowest BCUT2D eigenvalue weighted by Crippen LogP contribution is -2.59. The summed E-state index contributed by atoms with van der Waals surface area (Å²) in [4.78, 5) is 21.1. The van der Waals surface area contributed by atoms with Crippen molar-refractivity contribution in [2.75, 3.05) is 44.4 Å². The second-order valence-corrected chi connectivity index (χ2v) is 10.7. The Kier molecular flexibility index (Phi) is 6.64. The van der Waals surface area contributed by atoms with Crippen LogP contribution in [0.15, 0.2) is 36.5 Å². The van der Waals surface area contributed by atoms with Gasteiger partial charge < -0.3 is 10.1 Å². The number of nitrogens with zero attached hydrogens (tertiary/aromatic N) is 4.